The van der Waals surface area contributed by atoms with Gasteiger partial charge in [0.05, 0.1) is 6.54 Å². The molecule has 3 N–H and O–H groups in total. The van der Waals surface area contributed by atoms with Gasteiger partial charge < -0.3 is 10.6 Å². The van der Waals surface area contributed by atoms with Gasteiger partial charge in [0.2, 0.25) is 0 Å². The summed E-state index contributed by atoms with van der Waals surface area (Å²) in [4.78, 5) is 18.0. The summed E-state index contributed by atoms with van der Waals surface area (Å²) in [5.41, 5.74) is 7.23. The number of aromatic nitrogens is 3. The number of rotatable bonds is 5. The Kier molecular flexibility index (Phi) is 4.25. The maximum atomic E-state index is 12.4. The Morgan fingerprint density at radius 3 is 2.89 bits per heavy atom. The summed E-state index contributed by atoms with van der Waals surface area (Å²) in [5.74, 6) is 0.618. The van der Waals surface area contributed by atoms with Crippen molar-refractivity contribution in [2.45, 2.75) is 13.0 Å². The highest BCUT2D eigenvalue weighted by molar-refractivity contribution is 5.95. The number of hydrogen-bond donors (Lipinski definition) is 2. The van der Waals surface area contributed by atoms with Gasteiger partial charge in [0.1, 0.15) is 12.2 Å². The first kappa shape index (κ1) is 13.2. The molecule has 0 fully saturated rings. The van der Waals surface area contributed by atoms with Crippen molar-refractivity contribution in [3.63, 3.8) is 0 Å². The third-order valence-corrected chi connectivity index (χ3v) is 2.86. The minimum Gasteiger partial charge on any atom is -0.334 e. The van der Waals surface area contributed by atoms with Gasteiger partial charge in [0.15, 0.2) is 0 Å². The monoisotopic (exact) mass is 259 g/mol. The number of carbonyl (C=O) groups excluding carboxylic acids is 1. The molecule has 0 aliphatic rings. The lowest BCUT2D eigenvalue weighted by molar-refractivity contribution is 0.0780. The maximum Gasteiger partial charge on any atom is 0.254 e. The van der Waals surface area contributed by atoms with Crippen molar-refractivity contribution in [2.75, 3.05) is 13.6 Å². The molecule has 1 aromatic carbocycles. The summed E-state index contributed by atoms with van der Waals surface area (Å²) in [5, 5.41) is 6.50. The van der Waals surface area contributed by atoms with E-state index in [0.29, 0.717) is 30.9 Å². The minimum atomic E-state index is -0.0412. The van der Waals surface area contributed by atoms with Crippen LogP contribution < -0.4 is 5.73 Å². The van der Waals surface area contributed by atoms with Crippen LogP contribution in [0.2, 0.25) is 0 Å². The first-order valence-corrected chi connectivity index (χ1v) is 6.10. The molecule has 6 heteroatoms. The smallest absolute Gasteiger partial charge is 0.254 e. The Morgan fingerprint density at radius 1 is 1.42 bits per heavy atom. The summed E-state index contributed by atoms with van der Waals surface area (Å²) in [6, 6.07) is 7.53. The van der Waals surface area contributed by atoms with E-state index in [1.807, 2.05) is 24.3 Å². The van der Waals surface area contributed by atoms with Crippen LogP contribution >= 0.6 is 0 Å². The summed E-state index contributed by atoms with van der Waals surface area (Å²) >= 11 is 0. The molecule has 6 nitrogen and oxygen atoms in total. The molecule has 0 aliphatic heterocycles. The van der Waals surface area contributed by atoms with E-state index in [0.717, 1.165) is 5.56 Å². The Bertz CT molecular complexity index is 538. The quantitative estimate of drug-likeness (QED) is 0.822. The highest BCUT2D eigenvalue weighted by atomic mass is 16.2. The molecule has 100 valence electrons. The molecule has 0 aliphatic carbocycles. The third-order valence-electron chi connectivity index (χ3n) is 2.86. The van der Waals surface area contributed by atoms with Gasteiger partial charge in [-0.05, 0) is 24.6 Å². The van der Waals surface area contributed by atoms with Crippen molar-refractivity contribution < 1.29 is 4.79 Å². The number of nitrogens with zero attached hydrogens (tertiary/aromatic N) is 3. The lowest BCUT2D eigenvalue weighted by Gasteiger charge is -2.17. The van der Waals surface area contributed by atoms with Crippen molar-refractivity contribution in [3.8, 4) is 0 Å². The van der Waals surface area contributed by atoms with Gasteiger partial charge in [-0.2, -0.15) is 5.10 Å². The van der Waals surface area contributed by atoms with Crippen LogP contribution in [-0.4, -0.2) is 39.6 Å². The number of aromatic amines is 1. The second-order valence-corrected chi connectivity index (χ2v) is 4.29. The van der Waals surface area contributed by atoms with Crippen LogP contribution in [0, 0.1) is 0 Å². The van der Waals surface area contributed by atoms with Crippen LogP contribution in [0.3, 0.4) is 0 Å². The molecule has 1 heterocycles. The van der Waals surface area contributed by atoms with Crippen molar-refractivity contribution in [1.29, 1.82) is 0 Å². The number of hydrogen-bond acceptors (Lipinski definition) is 4. The molecule has 2 rings (SSSR count). The topological polar surface area (TPSA) is 87.9 Å². The van der Waals surface area contributed by atoms with Gasteiger partial charge in [-0.3, -0.25) is 9.89 Å². The predicted molar refractivity (Wildman–Crippen MR) is 71.4 cm³/mol. The van der Waals surface area contributed by atoms with E-state index in [1.165, 1.54) is 6.33 Å². The zero-order chi connectivity index (χ0) is 13.7. The molecular weight excluding hydrogens is 242 g/mol. The van der Waals surface area contributed by atoms with Gasteiger partial charge in [-0.1, -0.05) is 18.2 Å². The molecule has 0 saturated carbocycles. The van der Waals surface area contributed by atoms with Crippen molar-refractivity contribution in [2.24, 2.45) is 5.73 Å². The normalized spacial score (nSPS) is 10.4. The van der Waals surface area contributed by atoms with Crippen LogP contribution in [0.15, 0.2) is 30.6 Å². The van der Waals surface area contributed by atoms with Crippen LogP contribution in [0.1, 0.15) is 21.7 Å². The van der Waals surface area contributed by atoms with Crippen LogP contribution in [0.5, 0.6) is 0 Å². The molecule has 0 bridgehead atoms. The minimum absolute atomic E-state index is 0.0412. The van der Waals surface area contributed by atoms with Gasteiger partial charge >= 0.3 is 0 Å². The fourth-order valence-electron chi connectivity index (χ4n) is 1.91. The number of benzene rings is 1. The first-order valence-electron chi connectivity index (χ1n) is 6.10. The Balaban J connectivity index is 2.14. The highest BCUT2D eigenvalue weighted by Crippen LogP contribution is 2.12. The van der Waals surface area contributed by atoms with Gasteiger partial charge in [-0.25, -0.2) is 4.98 Å². The van der Waals surface area contributed by atoms with E-state index in [4.69, 9.17) is 5.73 Å². The average Bonchev–Trinajstić information content (AvgIpc) is 2.92. The zero-order valence-electron chi connectivity index (χ0n) is 10.8. The first-order chi connectivity index (χ1) is 9.22. The fourth-order valence-corrected chi connectivity index (χ4v) is 1.91. The summed E-state index contributed by atoms with van der Waals surface area (Å²) in [7, 11) is 1.74. The number of H-pyrrole nitrogens is 1. The molecule has 0 spiro atoms. The van der Waals surface area contributed by atoms with Gasteiger partial charge in [0.25, 0.3) is 5.91 Å². The average molecular weight is 259 g/mol. The standard InChI is InChI=1S/C13H17N5O/c1-18(8-12-15-9-16-17-12)13(19)11-5-3-2-4-10(11)6-7-14/h2-5,9H,6-8,14H2,1H3,(H,15,16,17). The van der Waals surface area contributed by atoms with Gasteiger partial charge in [0, 0.05) is 12.6 Å². The Morgan fingerprint density at radius 2 is 2.21 bits per heavy atom. The predicted octanol–water partition coefficient (Wildman–Crippen LogP) is 0.578. The highest BCUT2D eigenvalue weighted by Gasteiger charge is 2.16. The fraction of sp³-hybridized carbons (Fsp3) is 0.308. The zero-order valence-corrected chi connectivity index (χ0v) is 10.8. The summed E-state index contributed by atoms with van der Waals surface area (Å²) in [6.45, 7) is 0.923. The molecule has 1 aromatic heterocycles. The number of nitrogens with two attached hydrogens (primary N) is 1. The largest absolute Gasteiger partial charge is 0.334 e. The Hall–Kier alpha value is -2.21. The van der Waals surface area contributed by atoms with E-state index < -0.39 is 0 Å². The van der Waals surface area contributed by atoms with Crippen LogP contribution in [-0.2, 0) is 13.0 Å². The maximum absolute atomic E-state index is 12.4. The molecule has 2 aromatic rings. The second-order valence-electron chi connectivity index (χ2n) is 4.29. The number of nitrogens with one attached hydrogen (secondary N) is 1. The van der Waals surface area contributed by atoms with E-state index in [2.05, 4.69) is 15.2 Å². The SMILES string of the molecule is CN(Cc1ncn[nH]1)C(=O)c1ccccc1CCN. The van der Waals surface area contributed by atoms with Crippen molar-refractivity contribution >= 4 is 5.91 Å². The summed E-state index contributed by atoms with van der Waals surface area (Å²) < 4.78 is 0. The molecule has 1 amide bonds. The molecule has 0 unspecified atom stereocenters. The van der Waals surface area contributed by atoms with E-state index >= 15 is 0 Å². The molecular formula is C13H17N5O. The van der Waals surface area contributed by atoms with Crippen molar-refractivity contribution in [3.05, 3.63) is 47.5 Å². The summed E-state index contributed by atoms with van der Waals surface area (Å²) in [6.07, 6.45) is 2.12. The molecule has 0 atom stereocenters. The lowest BCUT2D eigenvalue weighted by atomic mass is 10.0. The van der Waals surface area contributed by atoms with Gasteiger partial charge in [-0.15, -0.1) is 0 Å². The van der Waals surface area contributed by atoms with Crippen molar-refractivity contribution in [1.82, 2.24) is 20.1 Å². The molecule has 19 heavy (non-hydrogen) atoms. The Labute approximate surface area is 111 Å². The van der Waals surface area contributed by atoms with E-state index in [9.17, 15) is 4.79 Å². The van der Waals surface area contributed by atoms with Crippen LogP contribution in [0.25, 0.3) is 0 Å². The second kappa shape index (κ2) is 6.10. The molecule has 0 radical (unpaired) electrons. The lowest BCUT2D eigenvalue weighted by Crippen LogP contribution is -2.28. The number of amides is 1. The third kappa shape index (κ3) is 3.17. The molecule has 0 saturated heterocycles. The van der Waals surface area contributed by atoms with E-state index in [1.54, 1.807) is 11.9 Å². The number of carbonyl (C=O) groups is 1. The van der Waals surface area contributed by atoms with Crippen LogP contribution in [0.4, 0.5) is 0 Å². The van der Waals surface area contributed by atoms with E-state index in [-0.39, 0.29) is 5.91 Å².